The molecule has 1 aromatic heterocycles. The number of oxime groups is 1. The number of hydrogen-bond acceptors (Lipinski definition) is 11. The predicted molar refractivity (Wildman–Crippen MR) is 207 cm³/mol. The number of thiazole rings is 1. The van der Waals surface area contributed by atoms with Crippen molar-refractivity contribution in [3.63, 3.8) is 0 Å². The van der Waals surface area contributed by atoms with Gasteiger partial charge in [0.2, 0.25) is 21.8 Å². The van der Waals surface area contributed by atoms with Gasteiger partial charge in [-0.15, -0.1) is 11.3 Å². The SMILES string of the molecule is CC[C@H](C)[C@@H](C(=O)N[C@@H](Cc1ccccc1)[C@H](O)CN(CC1CCCC1)S(=O)(=O)c1ccc(C=NO)cc1)N1CC(=O)N(Cc2csc(NC(C)=O)n2)C1=O. The number of nitrogens with one attached hydrogen (secondary N) is 2. The maximum Gasteiger partial charge on any atom is 0.328 e. The largest absolute Gasteiger partial charge is 0.411 e. The van der Waals surface area contributed by atoms with Crippen molar-refractivity contribution in [2.75, 3.05) is 25.0 Å². The van der Waals surface area contributed by atoms with E-state index in [9.17, 15) is 32.7 Å². The summed E-state index contributed by atoms with van der Waals surface area (Å²) in [5.74, 6) is -1.68. The van der Waals surface area contributed by atoms with Gasteiger partial charge in [-0.1, -0.05) is 80.7 Å². The first kappa shape index (κ1) is 41.5. The Kier molecular flexibility index (Phi) is 14.1. The molecule has 2 heterocycles. The molecule has 296 valence electrons. The second-order valence-corrected chi connectivity index (χ2v) is 17.0. The third-order valence-electron chi connectivity index (χ3n) is 10.2. The summed E-state index contributed by atoms with van der Waals surface area (Å²) in [6.07, 6.45) is 4.15. The third-order valence-corrected chi connectivity index (χ3v) is 12.8. The first-order chi connectivity index (χ1) is 26.3. The van der Waals surface area contributed by atoms with Gasteiger partial charge in [-0.2, -0.15) is 4.31 Å². The highest BCUT2D eigenvalue weighted by atomic mass is 32.2. The van der Waals surface area contributed by atoms with Gasteiger partial charge in [0.15, 0.2) is 5.13 Å². The lowest BCUT2D eigenvalue weighted by Crippen LogP contribution is -2.57. The number of hydrogen-bond donors (Lipinski definition) is 4. The highest BCUT2D eigenvalue weighted by Gasteiger charge is 2.45. The molecule has 55 heavy (non-hydrogen) atoms. The molecular formula is C38H49N7O8S2. The molecule has 4 N–H and O–H groups in total. The van der Waals surface area contributed by atoms with E-state index in [0.717, 1.165) is 47.5 Å². The van der Waals surface area contributed by atoms with Crippen molar-refractivity contribution < 1.29 is 37.9 Å². The minimum absolute atomic E-state index is 0.0130. The van der Waals surface area contributed by atoms with Crippen LogP contribution in [-0.4, -0.2) is 106 Å². The van der Waals surface area contributed by atoms with Gasteiger partial charge in [-0.3, -0.25) is 19.3 Å². The summed E-state index contributed by atoms with van der Waals surface area (Å²) in [6, 6.07) is 12.4. The molecular weight excluding hydrogens is 747 g/mol. The van der Waals surface area contributed by atoms with E-state index < -0.39 is 52.0 Å². The van der Waals surface area contributed by atoms with Crippen molar-refractivity contribution in [3.05, 3.63) is 76.8 Å². The third kappa shape index (κ3) is 10.5. The highest BCUT2D eigenvalue weighted by molar-refractivity contribution is 7.89. The van der Waals surface area contributed by atoms with Crippen molar-refractivity contribution in [2.24, 2.45) is 17.0 Å². The standard InChI is InChI=1S/C38H49N7O8S2/c1-4-25(2)35(45-23-34(48)44(38(45)50)21-30-24-54-37(41-30)40-26(3)46)36(49)42-32(18-27-10-6-5-7-11-27)33(47)22-43(20-29-12-8-9-13-29)55(52,53)31-16-14-28(15-17-31)19-39-51/h5-7,10-11,14-17,19,24-25,29,32-33,35,47,51H,4,8-9,12-13,18,20-23H2,1-3H3,(H,42,49)(H,40,41,46)/t25-,32-,33+,35-/m0/s1. The van der Waals surface area contributed by atoms with Gasteiger partial charge in [0.25, 0.3) is 5.91 Å². The number of amides is 5. The Balaban J connectivity index is 1.40. The van der Waals surface area contributed by atoms with Crippen LogP contribution < -0.4 is 10.6 Å². The number of benzene rings is 2. The molecule has 1 aliphatic carbocycles. The lowest BCUT2D eigenvalue weighted by Gasteiger charge is -2.34. The molecule has 0 radical (unpaired) electrons. The number of sulfonamides is 1. The Hall–Kier alpha value is -4.71. The number of nitrogens with zero attached hydrogens (tertiary/aromatic N) is 5. The van der Waals surface area contributed by atoms with Gasteiger partial charge in [0.05, 0.1) is 35.5 Å². The molecule has 1 aliphatic heterocycles. The Morgan fingerprint density at radius 2 is 1.80 bits per heavy atom. The Labute approximate surface area is 325 Å². The minimum atomic E-state index is -4.11. The maximum absolute atomic E-state index is 14.4. The number of aliphatic hydroxyl groups is 1. The smallest absolute Gasteiger partial charge is 0.328 e. The first-order valence-electron chi connectivity index (χ1n) is 18.4. The fourth-order valence-corrected chi connectivity index (χ4v) is 9.34. The number of anilines is 1. The molecule has 15 nitrogen and oxygen atoms in total. The monoisotopic (exact) mass is 795 g/mol. The molecule has 3 aromatic rings. The fraction of sp³-hybridized carbons (Fsp3) is 0.474. The van der Waals surface area contributed by atoms with E-state index in [2.05, 4.69) is 20.8 Å². The van der Waals surface area contributed by atoms with Crippen LogP contribution in [0.5, 0.6) is 0 Å². The minimum Gasteiger partial charge on any atom is -0.411 e. The highest BCUT2D eigenvalue weighted by Crippen LogP contribution is 2.29. The molecule has 2 aromatic carbocycles. The lowest BCUT2D eigenvalue weighted by atomic mass is 9.95. The number of aliphatic hydroxyl groups excluding tert-OH is 1. The van der Waals surface area contributed by atoms with E-state index in [0.29, 0.717) is 22.8 Å². The van der Waals surface area contributed by atoms with Gasteiger partial charge in [-0.05, 0) is 54.4 Å². The Bertz CT molecular complexity index is 1930. The van der Waals surface area contributed by atoms with Crippen LogP contribution in [0.15, 0.2) is 70.0 Å². The van der Waals surface area contributed by atoms with Crippen LogP contribution in [-0.2, 0) is 37.4 Å². The fourth-order valence-electron chi connectivity index (χ4n) is 7.06. The zero-order valence-electron chi connectivity index (χ0n) is 31.2. The predicted octanol–water partition coefficient (Wildman–Crippen LogP) is 4.06. The summed E-state index contributed by atoms with van der Waals surface area (Å²) in [7, 11) is -4.11. The van der Waals surface area contributed by atoms with E-state index >= 15 is 0 Å². The molecule has 0 bridgehead atoms. The number of imide groups is 1. The van der Waals surface area contributed by atoms with Crippen molar-refractivity contribution in [2.45, 2.75) is 88.9 Å². The summed E-state index contributed by atoms with van der Waals surface area (Å²) in [5.41, 5.74) is 1.70. The molecule has 2 fully saturated rings. The van der Waals surface area contributed by atoms with Crippen LogP contribution in [0, 0.1) is 11.8 Å². The number of urea groups is 1. The van der Waals surface area contributed by atoms with E-state index in [1.54, 1.807) is 12.3 Å². The molecule has 0 unspecified atom stereocenters. The molecule has 5 rings (SSSR count). The van der Waals surface area contributed by atoms with Gasteiger partial charge in [-0.25, -0.2) is 18.2 Å². The second-order valence-electron chi connectivity index (χ2n) is 14.2. The molecule has 17 heteroatoms. The molecule has 0 spiro atoms. The van der Waals surface area contributed by atoms with Crippen LogP contribution in [0.3, 0.4) is 0 Å². The normalized spacial score (nSPS) is 17.5. The Morgan fingerprint density at radius 1 is 1.11 bits per heavy atom. The molecule has 5 amide bonds. The quantitative estimate of drug-likeness (QED) is 0.0634. The van der Waals surface area contributed by atoms with E-state index in [1.807, 2.05) is 37.3 Å². The second kappa shape index (κ2) is 18.8. The van der Waals surface area contributed by atoms with E-state index in [-0.39, 0.29) is 49.3 Å². The van der Waals surface area contributed by atoms with Crippen molar-refractivity contribution in [1.82, 2.24) is 24.4 Å². The Morgan fingerprint density at radius 3 is 2.44 bits per heavy atom. The number of carbonyl (C=O) groups is 4. The van der Waals surface area contributed by atoms with Gasteiger partial charge in [0.1, 0.15) is 12.6 Å². The van der Waals surface area contributed by atoms with E-state index in [4.69, 9.17) is 5.21 Å². The first-order valence-corrected chi connectivity index (χ1v) is 20.8. The van der Waals surface area contributed by atoms with Crippen LogP contribution in [0.25, 0.3) is 0 Å². The average molecular weight is 796 g/mol. The van der Waals surface area contributed by atoms with E-state index in [1.165, 1.54) is 46.6 Å². The van der Waals surface area contributed by atoms with Crippen LogP contribution in [0.4, 0.5) is 9.93 Å². The summed E-state index contributed by atoms with van der Waals surface area (Å²) >= 11 is 1.16. The van der Waals surface area contributed by atoms with Crippen molar-refractivity contribution in [1.29, 1.82) is 0 Å². The topological polar surface area (TPSA) is 202 Å². The van der Waals surface area contributed by atoms with Gasteiger partial charge < -0.3 is 25.8 Å². The zero-order chi connectivity index (χ0) is 39.7. The molecule has 4 atom stereocenters. The zero-order valence-corrected chi connectivity index (χ0v) is 32.8. The molecule has 2 aliphatic rings. The van der Waals surface area contributed by atoms with Gasteiger partial charge >= 0.3 is 6.03 Å². The van der Waals surface area contributed by atoms with Crippen LogP contribution >= 0.6 is 11.3 Å². The van der Waals surface area contributed by atoms with Crippen molar-refractivity contribution in [3.8, 4) is 0 Å². The number of carbonyl (C=O) groups excluding carboxylic acids is 4. The summed E-state index contributed by atoms with van der Waals surface area (Å²) in [4.78, 5) is 59.4. The summed E-state index contributed by atoms with van der Waals surface area (Å²) in [6.45, 7) is 4.42. The number of rotatable bonds is 18. The molecule has 1 saturated carbocycles. The van der Waals surface area contributed by atoms with Gasteiger partial charge in [0, 0.05) is 25.4 Å². The number of aromatic nitrogens is 1. The maximum atomic E-state index is 14.4. The average Bonchev–Trinajstić information content (AvgIpc) is 3.90. The molecule has 1 saturated heterocycles. The van der Waals surface area contributed by atoms with Crippen LogP contribution in [0.2, 0.25) is 0 Å². The lowest BCUT2D eigenvalue weighted by molar-refractivity contribution is -0.129. The van der Waals surface area contributed by atoms with Crippen LogP contribution in [0.1, 0.15) is 69.7 Å². The summed E-state index contributed by atoms with van der Waals surface area (Å²) < 4.78 is 29.6. The summed E-state index contributed by atoms with van der Waals surface area (Å²) in [5, 5.41) is 31.4. The van der Waals surface area contributed by atoms with Crippen molar-refractivity contribution >= 4 is 56.5 Å².